The molecular weight excluding hydrogens is 280 g/mol. The van der Waals surface area contributed by atoms with E-state index in [1.165, 1.54) is 12.0 Å². The number of methoxy groups -OCH3 is 3. The molecule has 2 aliphatic carbocycles. The maximum absolute atomic E-state index is 12.3. The highest BCUT2D eigenvalue weighted by Gasteiger charge is 2.35. The molecule has 3 rings (SSSR count). The number of Topliss-reactive ketones (excluding diaryl/α,β-unsaturated/α-hetero) is 1. The van der Waals surface area contributed by atoms with E-state index in [4.69, 9.17) is 14.2 Å². The molecule has 0 fully saturated rings. The van der Waals surface area contributed by atoms with Crippen LogP contribution >= 0.6 is 0 Å². The fourth-order valence-electron chi connectivity index (χ4n) is 3.69. The molecule has 0 radical (unpaired) electrons. The normalized spacial score (nSPS) is 20.9. The van der Waals surface area contributed by atoms with Crippen molar-refractivity contribution in [2.75, 3.05) is 21.3 Å². The molecule has 1 aromatic carbocycles. The Morgan fingerprint density at radius 1 is 0.955 bits per heavy atom. The van der Waals surface area contributed by atoms with Gasteiger partial charge in [-0.15, -0.1) is 0 Å². The highest BCUT2D eigenvalue weighted by molar-refractivity contribution is 6.00. The van der Waals surface area contributed by atoms with Gasteiger partial charge in [-0.2, -0.15) is 0 Å². The topological polar surface area (TPSA) is 44.8 Å². The van der Waals surface area contributed by atoms with Crippen LogP contribution in [0, 0.1) is 0 Å². The number of carbonyl (C=O) groups excluding carboxylic acids is 1. The van der Waals surface area contributed by atoms with E-state index in [9.17, 15) is 4.79 Å². The molecule has 0 spiro atoms. The van der Waals surface area contributed by atoms with Crippen molar-refractivity contribution in [1.82, 2.24) is 0 Å². The Labute approximate surface area is 131 Å². The molecular formula is C18H22O4. The lowest BCUT2D eigenvalue weighted by Crippen LogP contribution is -2.04. The summed E-state index contributed by atoms with van der Waals surface area (Å²) < 4.78 is 16.2. The smallest absolute Gasteiger partial charge is 0.203 e. The summed E-state index contributed by atoms with van der Waals surface area (Å²) in [6, 6.07) is 3.95. The zero-order chi connectivity index (χ0) is 15.7. The van der Waals surface area contributed by atoms with Gasteiger partial charge in [0.1, 0.15) is 0 Å². The van der Waals surface area contributed by atoms with Crippen LogP contribution in [-0.4, -0.2) is 27.1 Å². The molecule has 0 N–H and O–H groups in total. The van der Waals surface area contributed by atoms with Crippen molar-refractivity contribution >= 4 is 5.78 Å². The zero-order valence-corrected chi connectivity index (χ0v) is 13.4. The van der Waals surface area contributed by atoms with E-state index in [1.54, 1.807) is 21.3 Å². The Hall–Kier alpha value is -1.97. The van der Waals surface area contributed by atoms with E-state index in [1.807, 2.05) is 12.1 Å². The SMILES string of the molecule is COc1cc(C2CC(=O)C3=C2CCCC3)cc(OC)c1OC. The lowest BCUT2D eigenvalue weighted by Gasteiger charge is -2.21. The van der Waals surface area contributed by atoms with Crippen LogP contribution < -0.4 is 14.2 Å². The van der Waals surface area contributed by atoms with Gasteiger partial charge in [0.05, 0.1) is 21.3 Å². The van der Waals surface area contributed by atoms with Gasteiger partial charge in [-0.1, -0.05) is 5.57 Å². The molecule has 0 aliphatic heterocycles. The summed E-state index contributed by atoms with van der Waals surface area (Å²) in [5.74, 6) is 2.36. The number of carbonyl (C=O) groups is 1. The number of hydrogen-bond donors (Lipinski definition) is 0. The first-order chi connectivity index (χ1) is 10.7. The summed E-state index contributed by atoms with van der Waals surface area (Å²) in [4.78, 5) is 12.3. The summed E-state index contributed by atoms with van der Waals surface area (Å²) >= 11 is 0. The molecule has 0 saturated carbocycles. The van der Waals surface area contributed by atoms with Gasteiger partial charge in [0.15, 0.2) is 17.3 Å². The molecule has 2 aliphatic rings. The summed E-state index contributed by atoms with van der Waals surface area (Å²) in [5, 5.41) is 0. The number of benzene rings is 1. The van der Waals surface area contributed by atoms with Crippen LogP contribution in [0.4, 0.5) is 0 Å². The first-order valence-electron chi connectivity index (χ1n) is 7.74. The highest BCUT2D eigenvalue weighted by atomic mass is 16.5. The third-order valence-electron chi connectivity index (χ3n) is 4.75. The molecule has 118 valence electrons. The Balaban J connectivity index is 2.05. The van der Waals surface area contributed by atoms with Gasteiger partial charge in [-0.3, -0.25) is 4.79 Å². The van der Waals surface area contributed by atoms with Gasteiger partial charge >= 0.3 is 0 Å². The van der Waals surface area contributed by atoms with Crippen molar-refractivity contribution in [3.8, 4) is 17.2 Å². The fourth-order valence-corrected chi connectivity index (χ4v) is 3.69. The molecule has 0 saturated heterocycles. The molecule has 0 aromatic heterocycles. The van der Waals surface area contributed by atoms with Crippen molar-refractivity contribution in [3.05, 3.63) is 28.8 Å². The van der Waals surface area contributed by atoms with E-state index in [2.05, 4.69) is 0 Å². The Morgan fingerprint density at radius 3 is 2.18 bits per heavy atom. The molecule has 0 bridgehead atoms. The van der Waals surface area contributed by atoms with Crippen molar-refractivity contribution in [2.45, 2.75) is 38.0 Å². The van der Waals surface area contributed by atoms with Gasteiger partial charge in [0, 0.05) is 12.3 Å². The van der Waals surface area contributed by atoms with E-state index >= 15 is 0 Å². The van der Waals surface area contributed by atoms with E-state index < -0.39 is 0 Å². The van der Waals surface area contributed by atoms with Gasteiger partial charge in [-0.25, -0.2) is 0 Å². The number of ether oxygens (including phenoxy) is 3. The van der Waals surface area contributed by atoms with Crippen LogP contribution in [0.2, 0.25) is 0 Å². The standard InChI is InChI=1S/C18H22O4/c1-20-16-8-11(9-17(21-2)18(16)22-3)14-10-15(19)13-7-5-4-6-12(13)14/h8-9,14H,4-7,10H2,1-3H3. The summed E-state index contributed by atoms with van der Waals surface area (Å²) in [6.07, 6.45) is 4.85. The minimum atomic E-state index is 0.163. The Bertz CT molecular complexity index is 605. The van der Waals surface area contributed by atoms with Crippen LogP contribution in [0.5, 0.6) is 17.2 Å². The summed E-state index contributed by atoms with van der Waals surface area (Å²) in [6.45, 7) is 0. The monoisotopic (exact) mass is 302 g/mol. The van der Waals surface area contributed by atoms with Crippen LogP contribution in [0.15, 0.2) is 23.3 Å². The molecule has 1 aromatic rings. The zero-order valence-electron chi connectivity index (χ0n) is 13.4. The maximum Gasteiger partial charge on any atom is 0.203 e. The van der Waals surface area contributed by atoms with Crippen LogP contribution in [0.1, 0.15) is 43.6 Å². The second-order valence-electron chi connectivity index (χ2n) is 5.85. The molecule has 4 nitrogen and oxygen atoms in total. The average molecular weight is 302 g/mol. The van der Waals surface area contributed by atoms with Crippen LogP contribution in [-0.2, 0) is 4.79 Å². The summed E-state index contributed by atoms with van der Waals surface area (Å²) in [5.41, 5.74) is 3.48. The molecule has 22 heavy (non-hydrogen) atoms. The van der Waals surface area contributed by atoms with Gasteiger partial charge < -0.3 is 14.2 Å². The minimum Gasteiger partial charge on any atom is -0.493 e. The van der Waals surface area contributed by atoms with Crippen LogP contribution in [0.3, 0.4) is 0 Å². The molecule has 0 amide bonds. The summed E-state index contributed by atoms with van der Waals surface area (Å²) in [7, 11) is 4.83. The Kier molecular flexibility index (Phi) is 4.10. The van der Waals surface area contributed by atoms with Crippen molar-refractivity contribution < 1.29 is 19.0 Å². The molecule has 1 atom stereocenters. The third-order valence-corrected chi connectivity index (χ3v) is 4.75. The van der Waals surface area contributed by atoms with Gasteiger partial charge in [0.25, 0.3) is 0 Å². The number of hydrogen-bond acceptors (Lipinski definition) is 4. The lowest BCUT2D eigenvalue weighted by atomic mass is 9.85. The third kappa shape index (κ3) is 2.36. The second-order valence-corrected chi connectivity index (χ2v) is 5.85. The molecule has 1 unspecified atom stereocenters. The number of rotatable bonds is 4. The maximum atomic E-state index is 12.3. The lowest BCUT2D eigenvalue weighted by molar-refractivity contribution is -0.115. The van der Waals surface area contributed by atoms with E-state index in [0.29, 0.717) is 29.5 Å². The van der Waals surface area contributed by atoms with Crippen molar-refractivity contribution in [2.24, 2.45) is 0 Å². The first kappa shape index (κ1) is 14.9. The van der Waals surface area contributed by atoms with Crippen molar-refractivity contribution in [1.29, 1.82) is 0 Å². The number of allylic oxidation sites excluding steroid dienone is 2. The number of ketones is 1. The first-order valence-corrected chi connectivity index (χ1v) is 7.74. The molecule has 0 heterocycles. The largest absolute Gasteiger partial charge is 0.493 e. The van der Waals surface area contributed by atoms with Crippen LogP contribution in [0.25, 0.3) is 0 Å². The highest BCUT2D eigenvalue weighted by Crippen LogP contribution is 2.48. The predicted molar refractivity (Wildman–Crippen MR) is 84.0 cm³/mol. The quantitative estimate of drug-likeness (QED) is 0.852. The Morgan fingerprint density at radius 2 is 1.59 bits per heavy atom. The van der Waals surface area contributed by atoms with Gasteiger partial charge in [0.2, 0.25) is 5.75 Å². The average Bonchev–Trinajstić information content (AvgIpc) is 2.90. The van der Waals surface area contributed by atoms with E-state index in [0.717, 1.165) is 30.4 Å². The van der Waals surface area contributed by atoms with Gasteiger partial charge in [-0.05, 0) is 49.0 Å². The fraction of sp³-hybridized carbons (Fsp3) is 0.500. The molecule has 4 heteroatoms. The van der Waals surface area contributed by atoms with Crippen molar-refractivity contribution in [3.63, 3.8) is 0 Å². The predicted octanol–water partition coefficient (Wildman–Crippen LogP) is 3.64. The minimum absolute atomic E-state index is 0.163. The van der Waals surface area contributed by atoms with E-state index in [-0.39, 0.29) is 5.92 Å². The second kappa shape index (κ2) is 6.03.